The Balaban J connectivity index is 1.28. The van der Waals surface area contributed by atoms with E-state index in [9.17, 15) is 9.90 Å². The zero-order valence-electron chi connectivity index (χ0n) is 21.3. The predicted octanol–water partition coefficient (Wildman–Crippen LogP) is 4.46. The van der Waals surface area contributed by atoms with Crippen LogP contribution < -0.4 is 10.2 Å². The third kappa shape index (κ3) is 6.13. The molecule has 1 aliphatic rings. The van der Waals surface area contributed by atoms with Crippen molar-refractivity contribution in [3.8, 4) is 0 Å². The molecule has 0 radical (unpaired) electrons. The number of carboxylic acids is 1. The zero-order chi connectivity index (χ0) is 24.8. The molecular weight excluding hydrogens is 436 g/mol. The monoisotopic (exact) mass is 474 g/mol. The lowest BCUT2D eigenvalue weighted by molar-refractivity contribution is 0.0694. The van der Waals surface area contributed by atoms with E-state index >= 15 is 0 Å². The van der Waals surface area contributed by atoms with Crippen LogP contribution in [0.2, 0.25) is 0 Å². The van der Waals surface area contributed by atoms with E-state index in [-0.39, 0.29) is 0 Å². The fourth-order valence-electron chi connectivity index (χ4n) is 5.19. The van der Waals surface area contributed by atoms with Crippen molar-refractivity contribution in [1.82, 2.24) is 14.8 Å². The summed E-state index contributed by atoms with van der Waals surface area (Å²) in [5.74, 6) is -0.846. The summed E-state index contributed by atoms with van der Waals surface area (Å²) in [4.78, 5) is 17.1. The number of aromatic nitrogens is 1. The molecule has 6 heteroatoms. The summed E-state index contributed by atoms with van der Waals surface area (Å²) in [7, 11) is 0. The Hall–Kier alpha value is -3.09. The highest BCUT2D eigenvalue weighted by Crippen LogP contribution is 2.24. The van der Waals surface area contributed by atoms with Gasteiger partial charge in [0.25, 0.3) is 0 Å². The Morgan fingerprint density at radius 1 is 0.943 bits per heavy atom. The third-order valence-electron chi connectivity index (χ3n) is 7.17. The smallest absolute Gasteiger partial charge is 0.337 e. The van der Waals surface area contributed by atoms with Crippen LogP contribution in [0.1, 0.15) is 44.9 Å². The van der Waals surface area contributed by atoms with E-state index in [0.717, 1.165) is 62.6 Å². The molecule has 0 spiro atoms. The first-order chi connectivity index (χ1) is 16.9. The van der Waals surface area contributed by atoms with Gasteiger partial charge in [0.05, 0.1) is 5.56 Å². The number of piperazine rings is 1. The van der Waals surface area contributed by atoms with E-state index < -0.39 is 5.97 Å². The SMILES string of the molecule is Cc1cccc(Cn2c(C)c(CNCCCN3CCN(c4ccccc4)CC3)c(C(=O)O)c2C)c1. The molecular formula is C29H38N4O2. The molecule has 1 aliphatic heterocycles. The van der Waals surface area contributed by atoms with Crippen LogP contribution in [-0.4, -0.2) is 59.8 Å². The second-order valence-corrected chi connectivity index (χ2v) is 9.60. The highest BCUT2D eigenvalue weighted by Gasteiger charge is 2.22. The van der Waals surface area contributed by atoms with Crippen molar-refractivity contribution in [3.05, 3.63) is 88.2 Å². The van der Waals surface area contributed by atoms with Crippen molar-refractivity contribution in [2.24, 2.45) is 0 Å². The lowest BCUT2D eigenvalue weighted by Gasteiger charge is -2.36. The minimum atomic E-state index is -0.846. The van der Waals surface area contributed by atoms with Crippen LogP contribution in [0.15, 0.2) is 54.6 Å². The summed E-state index contributed by atoms with van der Waals surface area (Å²) in [5, 5.41) is 13.4. The number of para-hydroxylation sites is 1. The van der Waals surface area contributed by atoms with Crippen molar-refractivity contribution in [1.29, 1.82) is 0 Å². The van der Waals surface area contributed by atoms with E-state index in [2.05, 4.69) is 81.2 Å². The number of hydrogen-bond acceptors (Lipinski definition) is 4. The number of carboxylic acid groups (broad SMARTS) is 1. The van der Waals surface area contributed by atoms with E-state index in [1.165, 1.54) is 16.8 Å². The maximum Gasteiger partial charge on any atom is 0.337 e. The Labute approximate surface area is 209 Å². The maximum atomic E-state index is 12.1. The molecule has 1 saturated heterocycles. The molecule has 35 heavy (non-hydrogen) atoms. The molecule has 1 aromatic heterocycles. The highest BCUT2D eigenvalue weighted by molar-refractivity contribution is 5.91. The van der Waals surface area contributed by atoms with Crippen LogP contribution in [0, 0.1) is 20.8 Å². The summed E-state index contributed by atoms with van der Waals surface area (Å²) in [6, 6.07) is 19.0. The number of aromatic carboxylic acids is 1. The van der Waals surface area contributed by atoms with Crippen LogP contribution in [0.3, 0.4) is 0 Å². The molecule has 0 aliphatic carbocycles. The van der Waals surface area contributed by atoms with Crippen LogP contribution in [-0.2, 0) is 13.1 Å². The number of anilines is 1. The molecule has 2 N–H and O–H groups in total. The van der Waals surface area contributed by atoms with Gasteiger partial charge in [0.15, 0.2) is 0 Å². The Bertz CT molecular complexity index is 1130. The number of carbonyl (C=O) groups is 1. The van der Waals surface area contributed by atoms with Gasteiger partial charge < -0.3 is 19.9 Å². The van der Waals surface area contributed by atoms with Crippen molar-refractivity contribution in [3.63, 3.8) is 0 Å². The lowest BCUT2D eigenvalue weighted by Crippen LogP contribution is -2.46. The molecule has 0 bridgehead atoms. The molecule has 0 saturated carbocycles. The fraction of sp³-hybridized carbons (Fsp3) is 0.414. The number of nitrogens with one attached hydrogen (secondary N) is 1. The molecule has 0 atom stereocenters. The Morgan fingerprint density at radius 2 is 1.69 bits per heavy atom. The highest BCUT2D eigenvalue weighted by atomic mass is 16.4. The van der Waals surface area contributed by atoms with Gasteiger partial charge >= 0.3 is 5.97 Å². The summed E-state index contributed by atoms with van der Waals surface area (Å²) in [5.41, 5.74) is 6.92. The van der Waals surface area contributed by atoms with E-state index in [4.69, 9.17) is 0 Å². The van der Waals surface area contributed by atoms with Crippen molar-refractivity contribution >= 4 is 11.7 Å². The number of benzene rings is 2. The first kappa shape index (κ1) is 25.0. The summed E-state index contributed by atoms with van der Waals surface area (Å²) < 4.78 is 2.14. The van der Waals surface area contributed by atoms with Gasteiger partial charge in [-0.15, -0.1) is 0 Å². The first-order valence-corrected chi connectivity index (χ1v) is 12.6. The normalized spacial score (nSPS) is 14.4. The number of rotatable bonds is 10. The van der Waals surface area contributed by atoms with Crippen LogP contribution in [0.4, 0.5) is 5.69 Å². The Kier molecular flexibility index (Phi) is 8.26. The van der Waals surface area contributed by atoms with Crippen LogP contribution >= 0.6 is 0 Å². The molecule has 2 aromatic carbocycles. The predicted molar refractivity (Wildman–Crippen MR) is 143 cm³/mol. The molecule has 1 fully saturated rings. The number of hydrogen-bond donors (Lipinski definition) is 2. The molecule has 0 unspecified atom stereocenters. The van der Waals surface area contributed by atoms with Gasteiger partial charge in [0.1, 0.15) is 0 Å². The van der Waals surface area contributed by atoms with Gasteiger partial charge in [-0.05, 0) is 58.0 Å². The second-order valence-electron chi connectivity index (χ2n) is 9.60. The molecule has 3 aromatic rings. The summed E-state index contributed by atoms with van der Waals surface area (Å²) >= 11 is 0. The van der Waals surface area contributed by atoms with Crippen molar-refractivity contribution in [2.45, 2.75) is 40.3 Å². The van der Waals surface area contributed by atoms with Gasteiger partial charge in [0.2, 0.25) is 0 Å². The number of nitrogens with zero attached hydrogens (tertiary/aromatic N) is 3. The van der Waals surface area contributed by atoms with Crippen molar-refractivity contribution < 1.29 is 9.90 Å². The minimum Gasteiger partial charge on any atom is -0.478 e. The van der Waals surface area contributed by atoms with Crippen LogP contribution in [0.25, 0.3) is 0 Å². The second kappa shape index (κ2) is 11.6. The third-order valence-corrected chi connectivity index (χ3v) is 7.17. The minimum absolute atomic E-state index is 0.444. The largest absolute Gasteiger partial charge is 0.478 e. The van der Waals surface area contributed by atoms with E-state index in [1.807, 2.05) is 13.8 Å². The average molecular weight is 475 g/mol. The van der Waals surface area contributed by atoms with Gasteiger partial charge in [0, 0.05) is 61.9 Å². The quantitative estimate of drug-likeness (QED) is 0.425. The maximum absolute atomic E-state index is 12.1. The van der Waals surface area contributed by atoms with Gasteiger partial charge in [-0.25, -0.2) is 4.79 Å². The topological polar surface area (TPSA) is 60.7 Å². The standard InChI is InChI=1S/C29H38N4O2/c1-22-9-7-10-25(19-22)21-33-23(2)27(28(24(33)3)29(34)35)20-30-13-8-14-31-15-17-32(18-16-31)26-11-5-4-6-12-26/h4-7,9-12,19,30H,8,13-18,20-21H2,1-3H3,(H,34,35). The summed E-state index contributed by atoms with van der Waals surface area (Å²) in [6.07, 6.45) is 1.05. The lowest BCUT2D eigenvalue weighted by atomic mass is 10.1. The van der Waals surface area contributed by atoms with Gasteiger partial charge in [-0.2, -0.15) is 0 Å². The Morgan fingerprint density at radius 3 is 2.37 bits per heavy atom. The molecule has 2 heterocycles. The van der Waals surface area contributed by atoms with Gasteiger partial charge in [-0.3, -0.25) is 4.90 Å². The number of aryl methyl sites for hydroxylation is 1. The van der Waals surface area contributed by atoms with E-state index in [0.29, 0.717) is 18.7 Å². The first-order valence-electron chi connectivity index (χ1n) is 12.6. The average Bonchev–Trinajstić information content (AvgIpc) is 3.09. The summed E-state index contributed by atoms with van der Waals surface area (Å²) in [6.45, 7) is 13.5. The van der Waals surface area contributed by atoms with Crippen LogP contribution in [0.5, 0.6) is 0 Å². The fourth-order valence-corrected chi connectivity index (χ4v) is 5.19. The van der Waals surface area contributed by atoms with Crippen molar-refractivity contribution in [2.75, 3.05) is 44.2 Å². The zero-order valence-corrected chi connectivity index (χ0v) is 21.3. The van der Waals surface area contributed by atoms with Gasteiger partial charge in [-0.1, -0.05) is 48.0 Å². The molecule has 0 amide bonds. The molecule has 186 valence electrons. The molecule has 4 rings (SSSR count). The van der Waals surface area contributed by atoms with E-state index in [1.54, 1.807) is 0 Å². The molecule has 6 nitrogen and oxygen atoms in total.